The second-order valence-electron chi connectivity index (χ2n) is 1.49. The zero-order chi connectivity index (χ0) is 8.36. The van der Waals surface area contributed by atoms with Crippen LogP contribution in [-0.4, -0.2) is 23.0 Å². The number of hydrogen-bond acceptors (Lipinski definition) is 1. The molecule has 0 aliphatic carbocycles. The molecule has 1 amide bonds. The Labute approximate surface area is 61.4 Å². The van der Waals surface area contributed by atoms with E-state index in [9.17, 15) is 18.0 Å². The Hall–Kier alpha value is -0.390. The number of carbonyl (C=O) groups excluding carboxylic acids is 1. The molecule has 0 fully saturated rings. The quantitative estimate of drug-likeness (QED) is 0.474. The van der Waals surface area contributed by atoms with Crippen molar-refractivity contribution in [3.63, 3.8) is 0 Å². The maximum absolute atomic E-state index is 11.6. The van der Waals surface area contributed by atoms with Gasteiger partial charge in [0.25, 0.3) is 5.24 Å². The van der Waals surface area contributed by atoms with Crippen molar-refractivity contribution >= 4 is 17.9 Å². The lowest BCUT2D eigenvalue weighted by molar-refractivity contribution is -0.219. The molecule has 0 aromatic heterocycles. The number of rotatable bonds is 1. The van der Waals surface area contributed by atoms with Gasteiger partial charge in [-0.25, -0.2) is 4.90 Å². The summed E-state index contributed by atoms with van der Waals surface area (Å²) in [4.78, 5) is 9.80. The molecule has 0 saturated carbocycles. The van der Waals surface area contributed by atoms with Crippen molar-refractivity contribution < 1.29 is 18.0 Å². The Bertz CT molecular complexity index is 135. The van der Waals surface area contributed by atoms with E-state index < -0.39 is 18.1 Å². The molecular formula is C4H6F3NOS. The van der Waals surface area contributed by atoms with E-state index in [1.54, 1.807) is 0 Å². The number of nitrogens with zero attached hydrogens (tertiary/aromatic N) is 1. The highest BCUT2D eigenvalue weighted by atomic mass is 32.1. The lowest BCUT2D eigenvalue weighted by Gasteiger charge is -2.20. The second kappa shape index (κ2) is 3.14. The summed E-state index contributed by atoms with van der Waals surface area (Å²) in [5.41, 5.74) is 0. The van der Waals surface area contributed by atoms with Gasteiger partial charge in [-0.05, 0) is 6.92 Å². The smallest absolute Gasteiger partial charge is 0.262 e. The monoisotopic (exact) mass is 173 g/mol. The van der Waals surface area contributed by atoms with Gasteiger partial charge in [0.15, 0.2) is 0 Å². The van der Waals surface area contributed by atoms with E-state index in [2.05, 4.69) is 12.6 Å². The molecule has 0 saturated heterocycles. The van der Waals surface area contributed by atoms with Crippen molar-refractivity contribution in [3.8, 4) is 0 Å². The van der Waals surface area contributed by atoms with Crippen molar-refractivity contribution in [2.45, 2.75) is 13.2 Å². The summed E-state index contributed by atoms with van der Waals surface area (Å²) in [6, 6.07) is 0. The van der Waals surface area contributed by atoms with E-state index in [0.717, 1.165) is 0 Å². The molecule has 0 aromatic rings. The number of halogens is 3. The van der Waals surface area contributed by atoms with Crippen LogP contribution in [0, 0.1) is 0 Å². The molecule has 0 aliphatic heterocycles. The van der Waals surface area contributed by atoms with Gasteiger partial charge < -0.3 is 0 Å². The molecule has 0 N–H and O–H groups in total. The molecule has 60 valence electrons. The first-order valence-corrected chi connectivity index (χ1v) is 2.91. The third-order valence-electron chi connectivity index (χ3n) is 0.853. The van der Waals surface area contributed by atoms with Crippen LogP contribution in [0.25, 0.3) is 0 Å². The Morgan fingerprint density at radius 1 is 1.60 bits per heavy atom. The number of alkyl halides is 3. The first-order valence-electron chi connectivity index (χ1n) is 2.47. The molecule has 0 bridgehead atoms. The van der Waals surface area contributed by atoms with E-state index in [0.29, 0.717) is 0 Å². The van der Waals surface area contributed by atoms with Crippen molar-refractivity contribution in [2.24, 2.45) is 0 Å². The van der Waals surface area contributed by atoms with Gasteiger partial charge in [-0.1, -0.05) is 12.6 Å². The SMILES string of the molecule is CCN(C(=O)S)C(F)(F)F. The van der Waals surface area contributed by atoms with Crippen molar-refractivity contribution in [1.29, 1.82) is 0 Å². The minimum Gasteiger partial charge on any atom is -0.262 e. The van der Waals surface area contributed by atoms with Crippen LogP contribution in [-0.2, 0) is 0 Å². The van der Waals surface area contributed by atoms with Gasteiger partial charge in [-0.3, -0.25) is 4.79 Å². The lowest BCUT2D eigenvalue weighted by atomic mass is 10.6. The number of thiol groups is 1. The topological polar surface area (TPSA) is 20.3 Å². The predicted molar refractivity (Wildman–Crippen MR) is 32.8 cm³/mol. The third-order valence-corrected chi connectivity index (χ3v) is 1.09. The van der Waals surface area contributed by atoms with Gasteiger partial charge in [0, 0.05) is 6.54 Å². The average molecular weight is 173 g/mol. The van der Waals surface area contributed by atoms with E-state index in [-0.39, 0.29) is 4.90 Å². The number of amides is 1. The molecule has 0 radical (unpaired) electrons. The van der Waals surface area contributed by atoms with Crippen molar-refractivity contribution in [1.82, 2.24) is 4.90 Å². The molecule has 0 heterocycles. The minimum atomic E-state index is -4.60. The molecule has 0 atom stereocenters. The van der Waals surface area contributed by atoms with Crippen LogP contribution in [0.3, 0.4) is 0 Å². The van der Waals surface area contributed by atoms with Crippen LogP contribution in [0.15, 0.2) is 0 Å². The molecule has 10 heavy (non-hydrogen) atoms. The fourth-order valence-electron chi connectivity index (χ4n) is 0.423. The van der Waals surface area contributed by atoms with Crippen LogP contribution < -0.4 is 0 Å². The van der Waals surface area contributed by atoms with Gasteiger partial charge >= 0.3 is 6.30 Å². The Kier molecular flexibility index (Phi) is 3.01. The summed E-state index contributed by atoms with van der Waals surface area (Å²) < 4.78 is 34.9. The summed E-state index contributed by atoms with van der Waals surface area (Å²) in [5, 5.41) is -1.28. The predicted octanol–water partition coefficient (Wildman–Crippen LogP) is 1.88. The van der Waals surface area contributed by atoms with Gasteiger partial charge in [0.2, 0.25) is 0 Å². The lowest BCUT2D eigenvalue weighted by Crippen LogP contribution is -2.39. The standard InChI is InChI=1S/C4H6F3NOS/c1-2-8(3(9)10)4(5,6)7/h2H2,1H3,(H,9,10). The van der Waals surface area contributed by atoms with Crippen LogP contribution >= 0.6 is 12.6 Å². The highest BCUT2D eigenvalue weighted by molar-refractivity contribution is 7.96. The fraction of sp³-hybridized carbons (Fsp3) is 0.750. The number of hydrogen-bond donors (Lipinski definition) is 1. The maximum atomic E-state index is 11.6. The van der Waals surface area contributed by atoms with Crippen molar-refractivity contribution in [2.75, 3.05) is 6.54 Å². The van der Waals surface area contributed by atoms with Gasteiger partial charge in [0.1, 0.15) is 0 Å². The Morgan fingerprint density at radius 2 is 2.00 bits per heavy atom. The van der Waals surface area contributed by atoms with Gasteiger partial charge in [-0.2, -0.15) is 0 Å². The molecule has 0 aliphatic rings. The zero-order valence-corrected chi connectivity index (χ0v) is 6.04. The van der Waals surface area contributed by atoms with E-state index in [1.165, 1.54) is 6.92 Å². The highest BCUT2D eigenvalue weighted by Gasteiger charge is 2.38. The summed E-state index contributed by atoms with van der Waals surface area (Å²) in [6.07, 6.45) is -4.60. The van der Waals surface area contributed by atoms with E-state index in [1.807, 2.05) is 0 Å². The molecule has 2 nitrogen and oxygen atoms in total. The van der Waals surface area contributed by atoms with Gasteiger partial charge in [0.05, 0.1) is 0 Å². The van der Waals surface area contributed by atoms with E-state index >= 15 is 0 Å². The molecule has 0 unspecified atom stereocenters. The molecule has 0 spiro atoms. The maximum Gasteiger partial charge on any atom is 0.487 e. The first-order chi connectivity index (χ1) is 4.39. The molecule has 6 heteroatoms. The summed E-state index contributed by atoms with van der Waals surface area (Å²) in [6.45, 7) is 0.813. The first kappa shape index (κ1) is 9.61. The normalized spacial score (nSPS) is 11.3. The van der Waals surface area contributed by atoms with Crippen LogP contribution in [0.1, 0.15) is 6.92 Å². The Balaban J connectivity index is 4.22. The van der Waals surface area contributed by atoms with E-state index in [4.69, 9.17) is 0 Å². The number of carbonyl (C=O) groups is 1. The highest BCUT2D eigenvalue weighted by Crippen LogP contribution is 2.21. The summed E-state index contributed by atoms with van der Waals surface area (Å²) in [5.74, 6) is 0. The summed E-state index contributed by atoms with van der Waals surface area (Å²) >= 11 is 3.03. The van der Waals surface area contributed by atoms with Crippen LogP contribution in [0.2, 0.25) is 0 Å². The van der Waals surface area contributed by atoms with Crippen molar-refractivity contribution in [3.05, 3.63) is 0 Å². The average Bonchev–Trinajstić information content (AvgIpc) is 1.60. The molecule has 0 rings (SSSR count). The third kappa shape index (κ3) is 2.47. The van der Waals surface area contributed by atoms with Crippen LogP contribution in [0.4, 0.5) is 18.0 Å². The minimum absolute atomic E-state index is 0.296. The second-order valence-corrected chi connectivity index (χ2v) is 1.88. The molecule has 0 aromatic carbocycles. The fourth-order valence-corrected chi connectivity index (χ4v) is 0.678. The molecular weight excluding hydrogens is 167 g/mol. The Morgan fingerprint density at radius 3 is 2.00 bits per heavy atom. The largest absolute Gasteiger partial charge is 0.487 e. The van der Waals surface area contributed by atoms with Gasteiger partial charge in [-0.15, -0.1) is 13.2 Å². The zero-order valence-electron chi connectivity index (χ0n) is 5.14. The van der Waals surface area contributed by atoms with Crippen LogP contribution in [0.5, 0.6) is 0 Å². The summed E-state index contributed by atoms with van der Waals surface area (Å²) in [7, 11) is 0.